The maximum atomic E-state index is 10.2. The van der Waals surface area contributed by atoms with Crippen molar-refractivity contribution in [1.29, 1.82) is 0 Å². The second-order valence-electron chi connectivity index (χ2n) is 5.51. The molecule has 0 aromatic heterocycles. The molecule has 1 rings (SSSR count). The molecule has 1 aromatic carbocycles. The standard InChI is InChI=1S/C15H24O2/c1-10(2)15(6,16)9-17-14-8-11(3)7-12(4)13(14)5/h7-8,10,16H,9H2,1-6H3. The van der Waals surface area contributed by atoms with Crippen LogP contribution in [0.3, 0.4) is 0 Å². The van der Waals surface area contributed by atoms with Gasteiger partial charge in [-0.3, -0.25) is 0 Å². The van der Waals surface area contributed by atoms with Crippen LogP contribution >= 0.6 is 0 Å². The van der Waals surface area contributed by atoms with Crippen LogP contribution in [0.15, 0.2) is 12.1 Å². The minimum absolute atomic E-state index is 0.175. The van der Waals surface area contributed by atoms with E-state index >= 15 is 0 Å². The Morgan fingerprint density at radius 1 is 1.24 bits per heavy atom. The lowest BCUT2D eigenvalue weighted by Gasteiger charge is -2.28. The van der Waals surface area contributed by atoms with Gasteiger partial charge in [-0.05, 0) is 56.4 Å². The predicted octanol–water partition coefficient (Wildman–Crippen LogP) is 3.40. The van der Waals surface area contributed by atoms with Gasteiger partial charge in [-0.1, -0.05) is 19.9 Å². The average Bonchev–Trinajstić information content (AvgIpc) is 2.21. The van der Waals surface area contributed by atoms with Gasteiger partial charge < -0.3 is 9.84 Å². The van der Waals surface area contributed by atoms with Crippen LogP contribution in [0.25, 0.3) is 0 Å². The summed E-state index contributed by atoms with van der Waals surface area (Å²) in [6.07, 6.45) is 0. The molecule has 0 bridgehead atoms. The van der Waals surface area contributed by atoms with E-state index in [-0.39, 0.29) is 5.92 Å². The highest BCUT2D eigenvalue weighted by molar-refractivity contribution is 5.41. The summed E-state index contributed by atoms with van der Waals surface area (Å²) in [6.45, 7) is 12.3. The van der Waals surface area contributed by atoms with Gasteiger partial charge in [0.1, 0.15) is 12.4 Å². The minimum atomic E-state index is -0.788. The fourth-order valence-electron chi connectivity index (χ4n) is 1.54. The third-order valence-corrected chi connectivity index (χ3v) is 3.53. The lowest BCUT2D eigenvalue weighted by Crippen LogP contribution is -2.37. The Morgan fingerprint density at radius 2 is 1.82 bits per heavy atom. The highest BCUT2D eigenvalue weighted by Gasteiger charge is 2.26. The summed E-state index contributed by atoms with van der Waals surface area (Å²) in [6, 6.07) is 4.17. The molecule has 1 N–H and O–H groups in total. The molecular formula is C15H24O2. The molecule has 2 heteroatoms. The molecule has 0 amide bonds. The molecule has 1 atom stereocenters. The third-order valence-electron chi connectivity index (χ3n) is 3.53. The molecule has 0 aliphatic heterocycles. The highest BCUT2D eigenvalue weighted by Crippen LogP contribution is 2.25. The summed E-state index contributed by atoms with van der Waals surface area (Å²) in [5.74, 6) is 1.05. The number of rotatable bonds is 4. The first-order valence-electron chi connectivity index (χ1n) is 6.17. The maximum absolute atomic E-state index is 10.2. The Labute approximate surface area is 105 Å². The van der Waals surface area contributed by atoms with Gasteiger partial charge in [-0.15, -0.1) is 0 Å². The number of aryl methyl sites for hydroxylation is 2. The van der Waals surface area contributed by atoms with Crippen molar-refractivity contribution in [3.8, 4) is 5.75 Å². The number of aliphatic hydroxyl groups is 1. The molecule has 2 nitrogen and oxygen atoms in total. The minimum Gasteiger partial charge on any atom is -0.490 e. The van der Waals surface area contributed by atoms with Crippen molar-refractivity contribution in [2.45, 2.75) is 47.1 Å². The number of hydrogen-bond donors (Lipinski definition) is 1. The van der Waals surface area contributed by atoms with Crippen molar-refractivity contribution >= 4 is 0 Å². The van der Waals surface area contributed by atoms with Gasteiger partial charge in [0.2, 0.25) is 0 Å². The van der Waals surface area contributed by atoms with Gasteiger partial charge in [-0.2, -0.15) is 0 Å². The van der Waals surface area contributed by atoms with Crippen molar-refractivity contribution < 1.29 is 9.84 Å². The van der Waals surface area contributed by atoms with Crippen molar-refractivity contribution in [2.75, 3.05) is 6.61 Å². The van der Waals surface area contributed by atoms with Crippen LogP contribution in [-0.4, -0.2) is 17.3 Å². The molecule has 0 fully saturated rings. The predicted molar refractivity (Wildman–Crippen MR) is 71.6 cm³/mol. The number of hydrogen-bond acceptors (Lipinski definition) is 2. The first-order valence-corrected chi connectivity index (χ1v) is 6.17. The Bertz CT molecular complexity index is 392. The van der Waals surface area contributed by atoms with E-state index in [1.165, 1.54) is 11.1 Å². The monoisotopic (exact) mass is 236 g/mol. The molecule has 0 heterocycles. The van der Waals surface area contributed by atoms with Gasteiger partial charge in [-0.25, -0.2) is 0 Å². The summed E-state index contributed by atoms with van der Waals surface area (Å²) in [5.41, 5.74) is 2.77. The molecular weight excluding hydrogens is 212 g/mol. The Balaban J connectivity index is 2.83. The SMILES string of the molecule is Cc1cc(C)c(C)c(OCC(C)(O)C(C)C)c1. The summed E-state index contributed by atoms with van der Waals surface area (Å²) < 4.78 is 5.77. The lowest BCUT2D eigenvalue weighted by molar-refractivity contribution is -0.0268. The molecule has 0 aliphatic rings. The molecule has 0 saturated carbocycles. The zero-order chi connectivity index (χ0) is 13.2. The summed E-state index contributed by atoms with van der Waals surface area (Å²) >= 11 is 0. The van der Waals surface area contributed by atoms with Gasteiger partial charge >= 0.3 is 0 Å². The van der Waals surface area contributed by atoms with Crippen LogP contribution in [0.1, 0.15) is 37.5 Å². The molecule has 0 spiro atoms. The third kappa shape index (κ3) is 3.47. The lowest BCUT2D eigenvalue weighted by atomic mass is 9.93. The number of ether oxygens (including phenoxy) is 1. The summed E-state index contributed by atoms with van der Waals surface area (Å²) in [4.78, 5) is 0. The first kappa shape index (κ1) is 14.0. The molecule has 0 aliphatic carbocycles. The van der Waals surface area contributed by atoms with E-state index in [0.29, 0.717) is 6.61 Å². The van der Waals surface area contributed by atoms with E-state index in [1.54, 1.807) is 0 Å². The highest BCUT2D eigenvalue weighted by atomic mass is 16.5. The van der Waals surface area contributed by atoms with Gasteiger partial charge in [0.15, 0.2) is 0 Å². The molecule has 1 unspecified atom stereocenters. The van der Waals surface area contributed by atoms with Crippen LogP contribution < -0.4 is 4.74 Å². The van der Waals surface area contributed by atoms with E-state index in [4.69, 9.17) is 4.74 Å². The molecule has 0 saturated heterocycles. The second kappa shape index (κ2) is 5.09. The first-order chi connectivity index (χ1) is 7.74. The van der Waals surface area contributed by atoms with E-state index in [1.807, 2.05) is 33.8 Å². The van der Waals surface area contributed by atoms with Gasteiger partial charge in [0.05, 0.1) is 5.60 Å². The fraction of sp³-hybridized carbons (Fsp3) is 0.600. The Morgan fingerprint density at radius 3 is 2.35 bits per heavy atom. The van der Waals surface area contributed by atoms with Crippen LogP contribution in [0, 0.1) is 26.7 Å². The van der Waals surface area contributed by atoms with E-state index < -0.39 is 5.60 Å². The maximum Gasteiger partial charge on any atom is 0.122 e. The normalized spacial score (nSPS) is 14.8. The summed E-state index contributed by atoms with van der Waals surface area (Å²) in [5, 5.41) is 10.2. The van der Waals surface area contributed by atoms with Gasteiger partial charge in [0, 0.05) is 0 Å². The van der Waals surface area contributed by atoms with Crippen LogP contribution in [0.5, 0.6) is 5.75 Å². The van der Waals surface area contributed by atoms with Crippen LogP contribution in [0.4, 0.5) is 0 Å². The smallest absolute Gasteiger partial charge is 0.122 e. The van der Waals surface area contributed by atoms with Gasteiger partial charge in [0.25, 0.3) is 0 Å². The van der Waals surface area contributed by atoms with Crippen LogP contribution in [0.2, 0.25) is 0 Å². The molecule has 96 valence electrons. The van der Waals surface area contributed by atoms with E-state index in [0.717, 1.165) is 11.3 Å². The van der Waals surface area contributed by atoms with E-state index in [2.05, 4.69) is 19.9 Å². The molecule has 17 heavy (non-hydrogen) atoms. The second-order valence-corrected chi connectivity index (χ2v) is 5.51. The average molecular weight is 236 g/mol. The largest absolute Gasteiger partial charge is 0.490 e. The van der Waals surface area contributed by atoms with Crippen molar-refractivity contribution in [3.63, 3.8) is 0 Å². The van der Waals surface area contributed by atoms with E-state index in [9.17, 15) is 5.11 Å². The summed E-state index contributed by atoms with van der Waals surface area (Å²) in [7, 11) is 0. The molecule has 0 radical (unpaired) electrons. The van der Waals surface area contributed by atoms with Crippen molar-refractivity contribution in [3.05, 3.63) is 28.8 Å². The Hall–Kier alpha value is -1.02. The van der Waals surface area contributed by atoms with Crippen molar-refractivity contribution in [2.24, 2.45) is 5.92 Å². The quantitative estimate of drug-likeness (QED) is 0.868. The molecule has 1 aromatic rings. The zero-order valence-corrected chi connectivity index (χ0v) is 11.8. The van der Waals surface area contributed by atoms with Crippen molar-refractivity contribution in [1.82, 2.24) is 0 Å². The fourth-order valence-corrected chi connectivity index (χ4v) is 1.54. The topological polar surface area (TPSA) is 29.5 Å². The Kier molecular flexibility index (Phi) is 4.21. The number of benzene rings is 1. The van der Waals surface area contributed by atoms with Crippen LogP contribution in [-0.2, 0) is 0 Å². The zero-order valence-electron chi connectivity index (χ0n) is 11.8.